The van der Waals surface area contributed by atoms with Crippen molar-refractivity contribution in [1.82, 2.24) is 19.8 Å². The van der Waals surface area contributed by atoms with Gasteiger partial charge in [0.05, 0.1) is 13.0 Å². The molecule has 0 bridgehead atoms. The van der Waals surface area contributed by atoms with Gasteiger partial charge >= 0.3 is 12.1 Å². The van der Waals surface area contributed by atoms with Crippen LogP contribution in [0.1, 0.15) is 48.0 Å². The number of ether oxygens (including phenoxy) is 1. The molecule has 1 aromatic heterocycles. The Morgan fingerprint density at radius 2 is 1.79 bits per heavy atom. The summed E-state index contributed by atoms with van der Waals surface area (Å²) in [6, 6.07) is 6.31. The Bertz CT molecular complexity index is 1140. The van der Waals surface area contributed by atoms with E-state index >= 15 is 0 Å². The van der Waals surface area contributed by atoms with Crippen LogP contribution in [-0.2, 0) is 15.7 Å². The highest BCUT2D eigenvalue weighted by atomic mass is 19.4. The summed E-state index contributed by atoms with van der Waals surface area (Å²) in [4.78, 5) is 37.0. The molecule has 1 saturated carbocycles. The largest absolute Gasteiger partial charge is 0.469 e. The first kappa shape index (κ1) is 27.6. The standard InChI is InChI=1S/C26H33F3N6O3/c1-34-13-11-18(12-14-34)35(2)23(36)16-7-9-17(10-8-16)31-25-30-15-20(26(27,28)29)22(33-25)32-21-6-4-5-19(21)24(37)38-3/h7-10,15,18-19,21H,4-6,11-14H2,1-3H3,(H2,30,31,32,33)/t19-,21-/m0/s1. The average Bonchev–Trinajstić information content (AvgIpc) is 3.36. The van der Waals surface area contributed by atoms with Crippen molar-refractivity contribution in [2.45, 2.75) is 50.4 Å². The smallest absolute Gasteiger partial charge is 0.421 e. The van der Waals surface area contributed by atoms with Gasteiger partial charge in [0.2, 0.25) is 5.95 Å². The van der Waals surface area contributed by atoms with Crippen LogP contribution in [0.25, 0.3) is 0 Å². The maximum atomic E-state index is 13.7. The van der Waals surface area contributed by atoms with Crippen LogP contribution in [0.3, 0.4) is 0 Å². The van der Waals surface area contributed by atoms with E-state index in [1.165, 1.54) is 7.11 Å². The zero-order valence-corrected chi connectivity index (χ0v) is 21.7. The number of methoxy groups -OCH3 is 1. The lowest BCUT2D eigenvalue weighted by molar-refractivity contribution is -0.145. The second kappa shape index (κ2) is 11.5. The summed E-state index contributed by atoms with van der Waals surface area (Å²) in [5.74, 6) is -1.54. The maximum Gasteiger partial charge on any atom is 0.421 e. The summed E-state index contributed by atoms with van der Waals surface area (Å²) in [7, 11) is 5.14. The average molecular weight is 535 g/mol. The van der Waals surface area contributed by atoms with E-state index in [1.54, 1.807) is 29.2 Å². The Hall–Kier alpha value is -3.41. The SMILES string of the molecule is COC(=O)[C@H]1CCC[C@@H]1Nc1nc(Nc2ccc(C(=O)N(C)C3CCN(C)CC3)cc2)ncc1C(F)(F)F. The number of esters is 1. The van der Waals surface area contributed by atoms with Crippen molar-refractivity contribution in [3.63, 3.8) is 0 Å². The number of carbonyl (C=O) groups excluding carboxylic acids is 2. The number of halogens is 3. The number of carbonyl (C=O) groups is 2. The Labute approximate surface area is 219 Å². The fourth-order valence-electron chi connectivity index (χ4n) is 5.08. The van der Waals surface area contributed by atoms with Crippen molar-refractivity contribution < 1.29 is 27.5 Å². The lowest BCUT2D eigenvalue weighted by Crippen LogP contribution is -2.44. The number of hydrogen-bond acceptors (Lipinski definition) is 8. The molecule has 9 nitrogen and oxygen atoms in total. The number of anilines is 3. The monoisotopic (exact) mass is 534 g/mol. The number of nitrogens with one attached hydrogen (secondary N) is 2. The van der Waals surface area contributed by atoms with E-state index in [9.17, 15) is 22.8 Å². The van der Waals surface area contributed by atoms with Gasteiger partial charge in [0, 0.05) is 36.6 Å². The highest BCUT2D eigenvalue weighted by Crippen LogP contribution is 2.37. The molecule has 2 N–H and O–H groups in total. The van der Waals surface area contributed by atoms with Gasteiger partial charge in [-0.25, -0.2) is 4.98 Å². The summed E-state index contributed by atoms with van der Waals surface area (Å²) in [6.45, 7) is 1.89. The van der Waals surface area contributed by atoms with Gasteiger partial charge in [-0.2, -0.15) is 18.2 Å². The number of benzene rings is 1. The Kier molecular flexibility index (Phi) is 8.39. The van der Waals surface area contributed by atoms with Gasteiger partial charge in [-0.05, 0) is 70.1 Å². The molecule has 1 saturated heterocycles. The Morgan fingerprint density at radius 3 is 2.42 bits per heavy atom. The first-order chi connectivity index (χ1) is 18.1. The van der Waals surface area contributed by atoms with Crippen LogP contribution in [0.15, 0.2) is 30.5 Å². The predicted octanol–water partition coefficient (Wildman–Crippen LogP) is 4.16. The summed E-state index contributed by atoms with van der Waals surface area (Å²) >= 11 is 0. The molecule has 1 aliphatic heterocycles. The lowest BCUT2D eigenvalue weighted by Gasteiger charge is -2.35. The zero-order valence-electron chi connectivity index (χ0n) is 21.7. The quantitative estimate of drug-likeness (QED) is 0.511. The molecule has 4 rings (SSSR count). The van der Waals surface area contributed by atoms with Crippen LogP contribution in [-0.4, -0.2) is 78.0 Å². The molecule has 1 aromatic carbocycles. The van der Waals surface area contributed by atoms with E-state index in [1.807, 2.05) is 7.05 Å². The highest BCUT2D eigenvalue weighted by molar-refractivity contribution is 5.94. The first-order valence-electron chi connectivity index (χ1n) is 12.7. The lowest BCUT2D eigenvalue weighted by atomic mass is 10.0. The molecule has 2 aromatic rings. The van der Waals surface area contributed by atoms with Crippen LogP contribution in [0.2, 0.25) is 0 Å². The first-order valence-corrected chi connectivity index (χ1v) is 12.7. The van der Waals surface area contributed by atoms with E-state index in [0.717, 1.165) is 25.9 Å². The Balaban J connectivity index is 1.47. The third-order valence-electron chi connectivity index (χ3n) is 7.38. The summed E-state index contributed by atoms with van der Waals surface area (Å²) in [6.07, 6.45) is -0.392. The minimum absolute atomic E-state index is 0.0457. The molecular weight excluding hydrogens is 501 g/mol. The minimum atomic E-state index is -4.68. The molecule has 2 fully saturated rings. The van der Waals surface area contributed by atoms with Gasteiger partial charge in [-0.15, -0.1) is 0 Å². The normalized spacial score (nSPS) is 20.7. The van der Waals surface area contributed by atoms with Crippen LogP contribution in [0.5, 0.6) is 0 Å². The summed E-state index contributed by atoms with van der Waals surface area (Å²) in [5.41, 5.74) is 0.0155. The van der Waals surface area contributed by atoms with E-state index < -0.39 is 35.5 Å². The molecule has 0 spiro atoms. The third kappa shape index (κ3) is 6.35. The number of alkyl halides is 3. The van der Waals surface area contributed by atoms with Gasteiger partial charge in [0.15, 0.2) is 0 Å². The summed E-state index contributed by atoms with van der Waals surface area (Å²) in [5, 5.41) is 5.72. The summed E-state index contributed by atoms with van der Waals surface area (Å²) < 4.78 is 45.8. The molecule has 2 aliphatic rings. The van der Waals surface area contributed by atoms with E-state index in [0.29, 0.717) is 36.7 Å². The number of amides is 1. The van der Waals surface area contributed by atoms with Gasteiger partial charge in [0.25, 0.3) is 5.91 Å². The zero-order chi connectivity index (χ0) is 27.4. The van der Waals surface area contributed by atoms with Crippen molar-refractivity contribution in [2.75, 3.05) is 44.9 Å². The molecule has 1 aliphatic carbocycles. The molecule has 0 radical (unpaired) electrons. The molecule has 0 unspecified atom stereocenters. The second-order valence-corrected chi connectivity index (χ2v) is 9.92. The molecule has 1 amide bonds. The van der Waals surface area contributed by atoms with Crippen LogP contribution in [0, 0.1) is 5.92 Å². The fraction of sp³-hybridized carbons (Fsp3) is 0.538. The van der Waals surface area contributed by atoms with Crippen molar-refractivity contribution in [2.24, 2.45) is 5.92 Å². The molecule has 12 heteroatoms. The van der Waals surface area contributed by atoms with Crippen molar-refractivity contribution in [3.8, 4) is 0 Å². The van der Waals surface area contributed by atoms with Crippen molar-refractivity contribution >= 4 is 29.3 Å². The highest BCUT2D eigenvalue weighted by Gasteiger charge is 2.39. The van der Waals surface area contributed by atoms with Gasteiger partial charge in [-0.1, -0.05) is 6.42 Å². The minimum Gasteiger partial charge on any atom is -0.469 e. The predicted molar refractivity (Wildman–Crippen MR) is 136 cm³/mol. The molecule has 2 atom stereocenters. The number of likely N-dealkylation sites (tertiary alicyclic amines) is 1. The van der Waals surface area contributed by atoms with Crippen LogP contribution >= 0.6 is 0 Å². The van der Waals surface area contributed by atoms with E-state index in [4.69, 9.17) is 4.74 Å². The van der Waals surface area contributed by atoms with Crippen molar-refractivity contribution in [3.05, 3.63) is 41.6 Å². The number of nitrogens with zero attached hydrogens (tertiary/aromatic N) is 4. The van der Waals surface area contributed by atoms with Crippen LogP contribution in [0.4, 0.5) is 30.6 Å². The van der Waals surface area contributed by atoms with Gasteiger partial charge in [-0.3, -0.25) is 9.59 Å². The van der Waals surface area contributed by atoms with Crippen LogP contribution < -0.4 is 10.6 Å². The number of piperidine rings is 1. The maximum absolute atomic E-state index is 13.7. The number of hydrogen-bond donors (Lipinski definition) is 2. The second-order valence-electron chi connectivity index (χ2n) is 9.92. The van der Waals surface area contributed by atoms with Crippen molar-refractivity contribution in [1.29, 1.82) is 0 Å². The van der Waals surface area contributed by atoms with E-state index in [-0.39, 0.29) is 17.9 Å². The molecule has 2 heterocycles. The number of aromatic nitrogens is 2. The molecule has 38 heavy (non-hydrogen) atoms. The van der Waals surface area contributed by atoms with E-state index in [2.05, 4.69) is 32.5 Å². The Morgan fingerprint density at radius 1 is 1.11 bits per heavy atom. The topological polar surface area (TPSA) is 99.7 Å². The molecule has 206 valence electrons. The van der Waals surface area contributed by atoms with Gasteiger partial charge < -0.3 is 25.2 Å². The fourth-order valence-corrected chi connectivity index (χ4v) is 5.08. The third-order valence-corrected chi connectivity index (χ3v) is 7.38. The molecular formula is C26H33F3N6O3. The number of rotatable bonds is 7. The van der Waals surface area contributed by atoms with Gasteiger partial charge in [0.1, 0.15) is 11.4 Å².